The molecule has 6 nitrogen and oxygen atoms in total. The van der Waals surface area contributed by atoms with Crippen LogP contribution in [0.15, 0.2) is 18.2 Å². The third-order valence-electron chi connectivity index (χ3n) is 3.81. The Hall–Kier alpha value is -1.66. The molecular weight excluding hydrogens is 379 g/mol. The standard InChI is InChI=1S/C18H24Cl2N2O4/c1-18(2,3)26-17(24)21-13-6-8-22(9-7-13)16(23)11-25-15-5-4-12(19)10-14(15)20/h4-5,10,13H,6-9,11H2,1-3H3,(H,21,24). The summed E-state index contributed by atoms with van der Waals surface area (Å²) in [7, 11) is 0. The number of ether oxygens (including phenoxy) is 2. The lowest BCUT2D eigenvalue weighted by atomic mass is 10.1. The number of rotatable bonds is 4. The average molecular weight is 403 g/mol. The molecule has 0 aliphatic carbocycles. The number of carbonyl (C=O) groups excluding carboxylic acids is 2. The summed E-state index contributed by atoms with van der Waals surface area (Å²) in [5, 5.41) is 3.72. The van der Waals surface area contributed by atoms with Crippen LogP contribution < -0.4 is 10.1 Å². The van der Waals surface area contributed by atoms with Crippen LogP contribution >= 0.6 is 23.2 Å². The van der Waals surface area contributed by atoms with Gasteiger partial charge >= 0.3 is 6.09 Å². The van der Waals surface area contributed by atoms with Crippen LogP contribution in [0.25, 0.3) is 0 Å². The molecule has 1 aromatic rings. The number of likely N-dealkylation sites (tertiary alicyclic amines) is 1. The van der Waals surface area contributed by atoms with Crippen molar-refractivity contribution in [3.05, 3.63) is 28.2 Å². The number of nitrogens with zero attached hydrogens (tertiary/aromatic N) is 1. The molecule has 2 amide bonds. The molecule has 1 aromatic carbocycles. The Bertz CT molecular complexity index is 653. The molecular formula is C18H24Cl2N2O4. The molecule has 26 heavy (non-hydrogen) atoms. The maximum Gasteiger partial charge on any atom is 0.407 e. The number of amides is 2. The molecule has 0 saturated carbocycles. The second-order valence-corrected chi connectivity index (χ2v) is 8.01. The lowest BCUT2D eigenvalue weighted by Crippen LogP contribution is -2.48. The first-order valence-electron chi connectivity index (χ1n) is 8.49. The topological polar surface area (TPSA) is 67.9 Å². The number of carbonyl (C=O) groups is 2. The Balaban J connectivity index is 1.75. The van der Waals surface area contributed by atoms with Gasteiger partial charge in [0.2, 0.25) is 0 Å². The van der Waals surface area contributed by atoms with Crippen molar-refractivity contribution in [1.29, 1.82) is 0 Å². The fraction of sp³-hybridized carbons (Fsp3) is 0.556. The van der Waals surface area contributed by atoms with Crippen LogP contribution in [0.1, 0.15) is 33.6 Å². The molecule has 0 aromatic heterocycles. The van der Waals surface area contributed by atoms with E-state index in [1.54, 1.807) is 23.1 Å². The summed E-state index contributed by atoms with van der Waals surface area (Å²) in [5.74, 6) is 0.303. The van der Waals surface area contributed by atoms with E-state index in [0.29, 0.717) is 41.7 Å². The molecule has 1 aliphatic heterocycles. The number of piperidine rings is 1. The smallest absolute Gasteiger partial charge is 0.407 e. The minimum atomic E-state index is -0.527. The highest BCUT2D eigenvalue weighted by Crippen LogP contribution is 2.27. The number of hydrogen-bond acceptors (Lipinski definition) is 4. The first kappa shape index (κ1) is 20.6. The summed E-state index contributed by atoms with van der Waals surface area (Å²) in [5.41, 5.74) is -0.527. The van der Waals surface area contributed by atoms with Crippen molar-refractivity contribution in [1.82, 2.24) is 10.2 Å². The van der Waals surface area contributed by atoms with E-state index in [1.165, 1.54) is 0 Å². The third kappa shape index (κ3) is 6.57. The van der Waals surface area contributed by atoms with E-state index in [-0.39, 0.29) is 18.6 Å². The van der Waals surface area contributed by atoms with Crippen molar-refractivity contribution in [3.8, 4) is 5.75 Å². The van der Waals surface area contributed by atoms with Crippen molar-refractivity contribution in [3.63, 3.8) is 0 Å². The van der Waals surface area contributed by atoms with Crippen molar-refractivity contribution in [2.24, 2.45) is 0 Å². The number of hydrogen-bond donors (Lipinski definition) is 1. The van der Waals surface area contributed by atoms with E-state index >= 15 is 0 Å². The molecule has 1 saturated heterocycles. The summed E-state index contributed by atoms with van der Waals surface area (Å²) in [4.78, 5) is 25.8. The van der Waals surface area contributed by atoms with E-state index in [4.69, 9.17) is 32.7 Å². The van der Waals surface area contributed by atoms with Gasteiger partial charge in [0, 0.05) is 24.2 Å². The molecule has 1 N–H and O–H groups in total. The minimum Gasteiger partial charge on any atom is -0.482 e. The Morgan fingerprint density at radius 1 is 1.23 bits per heavy atom. The van der Waals surface area contributed by atoms with Gasteiger partial charge < -0.3 is 19.7 Å². The normalized spacial score (nSPS) is 15.5. The number of nitrogens with one attached hydrogen (secondary N) is 1. The van der Waals surface area contributed by atoms with Gasteiger partial charge in [-0.3, -0.25) is 4.79 Å². The molecule has 0 spiro atoms. The highest BCUT2D eigenvalue weighted by Gasteiger charge is 2.26. The number of halogens is 2. The molecule has 1 fully saturated rings. The van der Waals surface area contributed by atoms with E-state index in [9.17, 15) is 9.59 Å². The lowest BCUT2D eigenvalue weighted by molar-refractivity contribution is -0.134. The summed E-state index contributed by atoms with van der Waals surface area (Å²) < 4.78 is 10.7. The van der Waals surface area contributed by atoms with Crippen LogP contribution in [0.4, 0.5) is 4.79 Å². The molecule has 0 radical (unpaired) electrons. The van der Waals surface area contributed by atoms with Gasteiger partial charge in [-0.05, 0) is 51.8 Å². The number of alkyl carbamates (subject to hydrolysis) is 1. The second kappa shape index (κ2) is 8.82. The molecule has 144 valence electrons. The van der Waals surface area contributed by atoms with Crippen molar-refractivity contribution in [2.45, 2.75) is 45.3 Å². The van der Waals surface area contributed by atoms with Crippen LogP contribution in [-0.4, -0.2) is 48.2 Å². The average Bonchev–Trinajstić information content (AvgIpc) is 2.52. The van der Waals surface area contributed by atoms with Crippen LogP contribution in [0.2, 0.25) is 10.0 Å². The Morgan fingerprint density at radius 3 is 2.46 bits per heavy atom. The summed E-state index contributed by atoms with van der Waals surface area (Å²) in [6.07, 6.45) is 0.919. The second-order valence-electron chi connectivity index (χ2n) is 7.16. The molecule has 8 heteroatoms. The zero-order valence-electron chi connectivity index (χ0n) is 15.2. The van der Waals surface area contributed by atoms with Gasteiger partial charge in [-0.1, -0.05) is 23.2 Å². The van der Waals surface area contributed by atoms with Crippen LogP contribution in [0.3, 0.4) is 0 Å². The predicted octanol–water partition coefficient (Wildman–Crippen LogP) is 3.89. The van der Waals surface area contributed by atoms with Gasteiger partial charge in [-0.25, -0.2) is 4.79 Å². The monoisotopic (exact) mass is 402 g/mol. The van der Waals surface area contributed by atoms with Crippen molar-refractivity contribution < 1.29 is 19.1 Å². The highest BCUT2D eigenvalue weighted by molar-refractivity contribution is 6.35. The summed E-state index contributed by atoms with van der Waals surface area (Å²) >= 11 is 11.9. The first-order chi connectivity index (χ1) is 12.1. The van der Waals surface area contributed by atoms with Crippen molar-refractivity contribution in [2.75, 3.05) is 19.7 Å². The third-order valence-corrected chi connectivity index (χ3v) is 4.34. The Kier molecular flexibility index (Phi) is 7.01. The maximum atomic E-state index is 12.3. The predicted molar refractivity (Wildman–Crippen MR) is 101 cm³/mol. The largest absolute Gasteiger partial charge is 0.482 e. The van der Waals surface area contributed by atoms with Crippen molar-refractivity contribution >= 4 is 35.2 Å². The fourth-order valence-electron chi connectivity index (χ4n) is 2.57. The van der Waals surface area contributed by atoms with Gasteiger partial charge in [-0.15, -0.1) is 0 Å². The zero-order chi connectivity index (χ0) is 19.3. The van der Waals surface area contributed by atoms with E-state index in [0.717, 1.165) is 0 Å². The molecule has 1 aliphatic rings. The van der Waals surface area contributed by atoms with E-state index in [1.807, 2.05) is 20.8 Å². The SMILES string of the molecule is CC(C)(C)OC(=O)NC1CCN(C(=O)COc2ccc(Cl)cc2Cl)CC1. The summed E-state index contributed by atoms with van der Waals surface area (Å²) in [6, 6.07) is 4.85. The zero-order valence-corrected chi connectivity index (χ0v) is 16.7. The molecule has 2 rings (SSSR count). The fourth-order valence-corrected chi connectivity index (χ4v) is 3.03. The molecule has 0 atom stereocenters. The lowest BCUT2D eigenvalue weighted by Gasteiger charge is -2.32. The highest BCUT2D eigenvalue weighted by atomic mass is 35.5. The summed E-state index contributed by atoms with van der Waals surface area (Å²) in [6.45, 7) is 6.47. The van der Waals surface area contributed by atoms with Gasteiger partial charge in [0.25, 0.3) is 5.91 Å². The van der Waals surface area contributed by atoms with Gasteiger partial charge in [0.1, 0.15) is 11.4 Å². The van der Waals surface area contributed by atoms with Gasteiger partial charge in [0.05, 0.1) is 5.02 Å². The molecule has 0 bridgehead atoms. The van der Waals surface area contributed by atoms with Crippen LogP contribution in [0.5, 0.6) is 5.75 Å². The maximum absolute atomic E-state index is 12.3. The van der Waals surface area contributed by atoms with Crippen LogP contribution in [-0.2, 0) is 9.53 Å². The van der Waals surface area contributed by atoms with E-state index in [2.05, 4.69) is 5.32 Å². The van der Waals surface area contributed by atoms with Crippen LogP contribution in [0, 0.1) is 0 Å². The Labute approximate surface area is 163 Å². The first-order valence-corrected chi connectivity index (χ1v) is 9.25. The Morgan fingerprint density at radius 2 is 1.88 bits per heavy atom. The minimum absolute atomic E-state index is 0.000489. The molecule has 0 unspecified atom stereocenters. The van der Waals surface area contributed by atoms with Gasteiger partial charge in [0.15, 0.2) is 6.61 Å². The molecule has 1 heterocycles. The quantitative estimate of drug-likeness (QED) is 0.829. The number of benzene rings is 1. The van der Waals surface area contributed by atoms with E-state index < -0.39 is 11.7 Å². The van der Waals surface area contributed by atoms with Gasteiger partial charge in [-0.2, -0.15) is 0 Å².